The van der Waals surface area contributed by atoms with Crippen molar-refractivity contribution in [2.75, 3.05) is 25.0 Å². The number of cyclic esters (lactones) is 1. The largest absolute Gasteiger partial charge is 0.460 e. The molecule has 2 bridgehead atoms. The van der Waals surface area contributed by atoms with Crippen molar-refractivity contribution in [3.63, 3.8) is 0 Å². The third kappa shape index (κ3) is 10.6. The van der Waals surface area contributed by atoms with Crippen LogP contribution in [0.1, 0.15) is 56.4 Å². The van der Waals surface area contributed by atoms with Crippen molar-refractivity contribution < 1.29 is 42.6 Å². The minimum Gasteiger partial charge on any atom is -0.460 e. The van der Waals surface area contributed by atoms with E-state index in [2.05, 4.69) is 20.6 Å². The molecule has 0 aliphatic carbocycles. The van der Waals surface area contributed by atoms with Gasteiger partial charge in [0.05, 0.1) is 31.0 Å². The Bertz CT molecular complexity index is 1510. The average Bonchev–Trinajstić information content (AvgIpc) is 3.73. The predicted molar refractivity (Wildman–Crippen MR) is 172 cm³/mol. The maximum atomic E-state index is 14.8. The summed E-state index contributed by atoms with van der Waals surface area (Å²) in [5.41, 5.74) is 1.05. The van der Waals surface area contributed by atoms with Crippen molar-refractivity contribution in [1.82, 2.24) is 20.2 Å². The molecule has 4 rings (SSSR count). The highest BCUT2D eigenvalue weighted by atomic mass is 19.1. The minimum absolute atomic E-state index is 0.00633. The van der Waals surface area contributed by atoms with Crippen LogP contribution in [0.2, 0.25) is 0 Å². The fourth-order valence-corrected chi connectivity index (χ4v) is 5.53. The van der Waals surface area contributed by atoms with Crippen molar-refractivity contribution in [2.24, 2.45) is 11.8 Å². The Morgan fingerprint density at radius 3 is 2.88 bits per heavy atom. The monoisotopic (exact) mass is 667 g/mol. The van der Waals surface area contributed by atoms with Crippen molar-refractivity contribution in [2.45, 2.75) is 70.9 Å². The number of amides is 3. The Kier molecular flexibility index (Phi) is 13.0. The van der Waals surface area contributed by atoms with Gasteiger partial charge in [-0.3, -0.25) is 19.9 Å². The Balaban J connectivity index is 1.54. The first-order valence-corrected chi connectivity index (χ1v) is 15.9. The molecule has 0 aromatic carbocycles. The molecule has 3 N–H and O–H groups in total. The zero-order valence-electron chi connectivity index (χ0n) is 27.2. The van der Waals surface area contributed by atoms with Gasteiger partial charge in [0.25, 0.3) is 5.91 Å². The average molecular weight is 668 g/mol. The SMILES string of the molecule is CC1=C\[C@@H](O)C[C@@H](F)Cc2nc(co2)C(=O)N2CCC[C@@H]2C(=O)O[C@H]([C@H](C)COC(=O)Nc2cccnc2)[C@H](C)/C=C/C(=O)NC\C=C\1. The summed E-state index contributed by atoms with van der Waals surface area (Å²) in [7, 11) is 0. The van der Waals surface area contributed by atoms with E-state index in [0.29, 0.717) is 24.1 Å². The number of esters is 1. The summed E-state index contributed by atoms with van der Waals surface area (Å²) in [6.07, 6.45) is 8.27. The molecule has 6 atom stereocenters. The molecule has 0 unspecified atom stereocenters. The number of halogens is 1. The van der Waals surface area contributed by atoms with Gasteiger partial charge >= 0.3 is 12.1 Å². The predicted octanol–water partition coefficient (Wildman–Crippen LogP) is 3.93. The van der Waals surface area contributed by atoms with Crippen LogP contribution in [0.4, 0.5) is 14.9 Å². The van der Waals surface area contributed by atoms with E-state index in [-0.39, 0.29) is 44.1 Å². The van der Waals surface area contributed by atoms with Gasteiger partial charge in [-0.25, -0.2) is 19.0 Å². The van der Waals surface area contributed by atoms with E-state index in [1.54, 1.807) is 57.3 Å². The molecular formula is C34H42FN5O8. The fraction of sp³-hybridized carbons (Fsp3) is 0.471. The number of fused-ring (bicyclic) bond motifs is 3. The number of nitrogens with zero attached hydrogens (tertiary/aromatic N) is 3. The van der Waals surface area contributed by atoms with E-state index in [1.807, 2.05) is 0 Å². The van der Waals surface area contributed by atoms with Gasteiger partial charge in [-0.05, 0) is 38.0 Å². The molecule has 0 saturated carbocycles. The van der Waals surface area contributed by atoms with Crippen LogP contribution in [-0.4, -0.2) is 88.0 Å². The van der Waals surface area contributed by atoms with E-state index in [9.17, 15) is 28.7 Å². The molecule has 0 spiro atoms. The van der Waals surface area contributed by atoms with Crippen LogP contribution in [-0.2, 0) is 25.5 Å². The first-order chi connectivity index (χ1) is 23.0. The van der Waals surface area contributed by atoms with Crippen molar-refractivity contribution in [1.29, 1.82) is 0 Å². The molecule has 0 radical (unpaired) electrons. The van der Waals surface area contributed by atoms with Gasteiger partial charge in [-0.1, -0.05) is 43.7 Å². The summed E-state index contributed by atoms with van der Waals surface area (Å²) in [5, 5.41) is 15.6. The molecule has 3 amide bonds. The normalized spacial score (nSPS) is 27.8. The van der Waals surface area contributed by atoms with Crippen LogP contribution in [0.15, 0.2) is 71.2 Å². The Morgan fingerprint density at radius 2 is 2.10 bits per heavy atom. The lowest BCUT2D eigenvalue weighted by Gasteiger charge is -2.30. The number of oxazole rings is 1. The Labute approximate surface area is 278 Å². The number of ether oxygens (including phenoxy) is 2. The lowest BCUT2D eigenvalue weighted by atomic mass is 9.93. The number of anilines is 1. The number of alkyl halides is 1. The van der Waals surface area contributed by atoms with Crippen LogP contribution < -0.4 is 10.6 Å². The molecule has 2 aliphatic heterocycles. The number of allylic oxidation sites excluding steroid dienone is 2. The summed E-state index contributed by atoms with van der Waals surface area (Å²) >= 11 is 0. The van der Waals surface area contributed by atoms with Gasteiger partial charge in [0, 0.05) is 37.5 Å². The van der Waals surface area contributed by atoms with E-state index in [0.717, 1.165) is 6.26 Å². The van der Waals surface area contributed by atoms with Gasteiger partial charge < -0.3 is 29.2 Å². The fourth-order valence-electron chi connectivity index (χ4n) is 5.53. The first-order valence-electron chi connectivity index (χ1n) is 15.9. The lowest BCUT2D eigenvalue weighted by molar-refractivity contribution is -0.159. The van der Waals surface area contributed by atoms with Crippen molar-refractivity contribution >= 4 is 29.6 Å². The number of rotatable bonds is 4. The molecule has 4 heterocycles. The number of aliphatic hydroxyl groups is 1. The maximum Gasteiger partial charge on any atom is 0.411 e. The highest BCUT2D eigenvalue weighted by molar-refractivity contribution is 5.95. The first kappa shape index (κ1) is 36.0. The number of pyridine rings is 1. The van der Waals surface area contributed by atoms with Gasteiger partial charge in [-0.2, -0.15) is 0 Å². The molecule has 258 valence electrons. The van der Waals surface area contributed by atoms with Crippen LogP contribution in [0.25, 0.3) is 0 Å². The van der Waals surface area contributed by atoms with Gasteiger partial charge in [0.15, 0.2) is 11.6 Å². The van der Waals surface area contributed by atoms with E-state index >= 15 is 0 Å². The molecule has 1 fully saturated rings. The van der Waals surface area contributed by atoms with Crippen molar-refractivity contribution in [3.05, 3.63) is 78.3 Å². The molecule has 1 saturated heterocycles. The third-order valence-electron chi connectivity index (χ3n) is 7.95. The van der Waals surface area contributed by atoms with Crippen LogP contribution in [0, 0.1) is 11.8 Å². The second-order valence-electron chi connectivity index (χ2n) is 12.0. The van der Waals surface area contributed by atoms with Gasteiger partial charge in [0.2, 0.25) is 5.91 Å². The van der Waals surface area contributed by atoms with Crippen LogP contribution in [0.5, 0.6) is 0 Å². The molecule has 2 aliphatic rings. The van der Waals surface area contributed by atoms with Crippen LogP contribution >= 0.6 is 0 Å². The molecular weight excluding hydrogens is 625 g/mol. The standard InChI is InChI=1S/C34H42FN5O8/c1-21-7-4-13-37-29(42)11-10-22(2)31(23(3)19-47-34(45)38-25-8-5-12-36-18-25)48-33(44)28-9-6-14-40(28)32(43)27-20-46-30(39-27)17-24(35)16-26(41)15-21/h4-5,7-8,10-12,15,18,20,22-24,26,28,31,41H,6,9,13-14,16-17,19H2,1-3H3,(H,37,42)(H,38,45)/b7-4+,11-10+,21-15+/t22-,23-,24-,26-,28-,31+/m1/s1. The topological polar surface area (TPSA) is 173 Å². The lowest BCUT2D eigenvalue weighted by Crippen LogP contribution is -2.44. The number of hydrogen-bond donors (Lipinski definition) is 3. The summed E-state index contributed by atoms with van der Waals surface area (Å²) < 4.78 is 31.6. The summed E-state index contributed by atoms with van der Waals surface area (Å²) in [6, 6.07) is 2.39. The number of aliphatic hydroxyl groups excluding tert-OH is 1. The highest BCUT2D eigenvalue weighted by Gasteiger charge is 2.39. The zero-order valence-corrected chi connectivity index (χ0v) is 27.2. The van der Waals surface area contributed by atoms with E-state index < -0.39 is 60.1 Å². The van der Waals surface area contributed by atoms with Gasteiger partial charge in [-0.15, -0.1) is 0 Å². The van der Waals surface area contributed by atoms with Crippen LogP contribution in [0.3, 0.4) is 0 Å². The molecule has 14 heteroatoms. The number of nitrogens with one attached hydrogen (secondary N) is 2. The molecule has 48 heavy (non-hydrogen) atoms. The number of hydrogen-bond acceptors (Lipinski definition) is 10. The highest BCUT2D eigenvalue weighted by Crippen LogP contribution is 2.26. The van der Waals surface area contributed by atoms with Crippen molar-refractivity contribution in [3.8, 4) is 0 Å². The molecule has 13 nitrogen and oxygen atoms in total. The second-order valence-corrected chi connectivity index (χ2v) is 12.0. The Hall–Kier alpha value is -4.85. The third-order valence-corrected chi connectivity index (χ3v) is 7.95. The van der Waals surface area contributed by atoms with E-state index in [1.165, 1.54) is 23.2 Å². The quantitative estimate of drug-likeness (QED) is 0.406. The summed E-state index contributed by atoms with van der Waals surface area (Å²) in [5.74, 6) is -2.63. The molecule has 2 aromatic rings. The number of carbonyl (C=O) groups is 4. The number of aromatic nitrogens is 2. The summed E-state index contributed by atoms with van der Waals surface area (Å²) in [6.45, 7) is 5.59. The van der Waals surface area contributed by atoms with Gasteiger partial charge in [0.1, 0.15) is 24.6 Å². The maximum absolute atomic E-state index is 14.8. The minimum atomic E-state index is -1.50. The summed E-state index contributed by atoms with van der Waals surface area (Å²) in [4.78, 5) is 61.5. The Morgan fingerprint density at radius 1 is 1.29 bits per heavy atom. The smallest absolute Gasteiger partial charge is 0.411 e. The number of carbonyl (C=O) groups excluding carboxylic acids is 4. The molecule has 2 aromatic heterocycles. The van der Waals surface area contributed by atoms with E-state index in [4.69, 9.17) is 13.9 Å². The zero-order chi connectivity index (χ0) is 34.6. The second kappa shape index (κ2) is 17.3.